The normalized spacial score (nSPS) is 42.2. The molecule has 94 valence electrons. The van der Waals surface area contributed by atoms with Crippen LogP contribution in [0.5, 0.6) is 0 Å². The van der Waals surface area contributed by atoms with E-state index in [9.17, 15) is 9.90 Å². The fourth-order valence-corrected chi connectivity index (χ4v) is 3.74. The highest BCUT2D eigenvalue weighted by Crippen LogP contribution is 2.67. The van der Waals surface area contributed by atoms with Gasteiger partial charge in [0.25, 0.3) is 0 Å². The summed E-state index contributed by atoms with van der Waals surface area (Å²) in [6, 6.07) is 0. The summed E-state index contributed by atoms with van der Waals surface area (Å²) in [5.41, 5.74) is 0.195. The third kappa shape index (κ3) is 1.72. The highest BCUT2D eigenvalue weighted by atomic mass is 16.3. The molecule has 0 saturated heterocycles. The van der Waals surface area contributed by atoms with Crippen LogP contribution in [-0.4, -0.2) is 17.0 Å². The van der Waals surface area contributed by atoms with Crippen LogP contribution in [0.3, 0.4) is 0 Å². The quantitative estimate of drug-likeness (QED) is 0.743. The van der Waals surface area contributed by atoms with Crippen molar-refractivity contribution in [3.63, 3.8) is 0 Å². The van der Waals surface area contributed by atoms with Crippen LogP contribution in [0.25, 0.3) is 0 Å². The average Bonchev–Trinajstić information content (AvgIpc) is 2.80. The molecule has 0 amide bonds. The zero-order chi connectivity index (χ0) is 13.0. The molecule has 2 heteroatoms. The van der Waals surface area contributed by atoms with E-state index in [0.29, 0.717) is 11.8 Å². The Kier molecular flexibility index (Phi) is 2.86. The minimum Gasteiger partial charge on any atom is -0.391 e. The molecule has 2 saturated carbocycles. The van der Waals surface area contributed by atoms with Crippen LogP contribution in [0.2, 0.25) is 0 Å². The molecule has 0 unspecified atom stereocenters. The van der Waals surface area contributed by atoms with Crippen molar-refractivity contribution in [2.24, 2.45) is 35.0 Å². The van der Waals surface area contributed by atoms with Gasteiger partial charge < -0.3 is 5.11 Å². The van der Waals surface area contributed by atoms with Gasteiger partial charge in [0.1, 0.15) is 5.78 Å². The van der Waals surface area contributed by atoms with Gasteiger partial charge in [-0.25, -0.2) is 0 Å². The zero-order valence-electron chi connectivity index (χ0n) is 11.1. The number of Topliss-reactive ketones (excluding diaryl/α,β-unsaturated/α-hetero) is 1. The largest absolute Gasteiger partial charge is 0.391 e. The molecule has 0 aromatic carbocycles. The number of aliphatic hydroxyl groups is 1. The van der Waals surface area contributed by atoms with E-state index < -0.39 is 6.10 Å². The number of terminal acetylenes is 1. The number of ketones is 1. The Bertz CT molecular complexity index is 377. The predicted molar refractivity (Wildman–Crippen MR) is 67.0 cm³/mol. The molecule has 0 radical (unpaired) electrons. The highest BCUT2D eigenvalue weighted by molar-refractivity contribution is 5.86. The van der Waals surface area contributed by atoms with E-state index in [4.69, 9.17) is 6.42 Å². The number of hydrogen-bond acceptors (Lipinski definition) is 2. The van der Waals surface area contributed by atoms with Crippen molar-refractivity contribution in [1.29, 1.82) is 0 Å². The predicted octanol–water partition coefficient (Wildman–Crippen LogP) is 2.11. The van der Waals surface area contributed by atoms with Crippen molar-refractivity contribution in [2.75, 3.05) is 0 Å². The molecule has 2 aliphatic rings. The number of fused-ring (bicyclic) bond motifs is 1. The topological polar surface area (TPSA) is 37.3 Å². The van der Waals surface area contributed by atoms with Gasteiger partial charge in [-0.3, -0.25) is 4.79 Å². The van der Waals surface area contributed by atoms with E-state index >= 15 is 0 Å². The fraction of sp³-hybridized carbons (Fsp3) is 0.800. The second-order valence-electron chi connectivity index (χ2n) is 6.46. The molecular weight excluding hydrogens is 212 g/mol. The first kappa shape index (κ1) is 12.6. The fourth-order valence-electron chi connectivity index (χ4n) is 3.74. The van der Waals surface area contributed by atoms with E-state index in [1.54, 1.807) is 0 Å². The van der Waals surface area contributed by atoms with Gasteiger partial charge in [-0.05, 0) is 30.6 Å². The van der Waals surface area contributed by atoms with Gasteiger partial charge in [0.2, 0.25) is 0 Å². The molecule has 0 spiro atoms. The summed E-state index contributed by atoms with van der Waals surface area (Å²) in [5, 5.41) is 10.3. The van der Waals surface area contributed by atoms with Gasteiger partial charge in [0.05, 0.1) is 6.10 Å². The first-order chi connectivity index (χ1) is 7.82. The second-order valence-corrected chi connectivity index (χ2v) is 6.46. The molecule has 0 bridgehead atoms. The maximum atomic E-state index is 12.3. The lowest BCUT2D eigenvalue weighted by molar-refractivity contribution is -0.134. The molecule has 0 aromatic heterocycles. The molecular formula is C15H22O2. The minimum atomic E-state index is -0.676. The number of aliphatic hydroxyl groups excluding tert-OH is 1. The summed E-state index contributed by atoms with van der Waals surface area (Å²) in [7, 11) is 0. The summed E-state index contributed by atoms with van der Waals surface area (Å²) < 4.78 is 0. The molecule has 0 aliphatic heterocycles. The van der Waals surface area contributed by atoms with Gasteiger partial charge in [0.15, 0.2) is 0 Å². The number of carbonyl (C=O) groups is 1. The van der Waals surface area contributed by atoms with Crippen LogP contribution in [0.1, 0.15) is 34.1 Å². The third-order valence-electron chi connectivity index (χ3n) is 5.09. The molecule has 6 atom stereocenters. The van der Waals surface area contributed by atoms with Crippen molar-refractivity contribution in [1.82, 2.24) is 0 Å². The van der Waals surface area contributed by atoms with Gasteiger partial charge in [-0.1, -0.05) is 20.8 Å². The van der Waals surface area contributed by atoms with Gasteiger partial charge in [-0.15, -0.1) is 12.3 Å². The first-order valence-electron chi connectivity index (χ1n) is 6.50. The summed E-state index contributed by atoms with van der Waals surface area (Å²) in [5.74, 6) is 3.27. The van der Waals surface area contributed by atoms with Gasteiger partial charge in [0, 0.05) is 17.8 Å². The summed E-state index contributed by atoms with van der Waals surface area (Å²) in [6.07, 6.45) is 5.67. The van der Waals surface area contributed by atoms with E-state index in [1.165, 1.54) is 0 Å². The number of hydrogen-bond donors (Lipinski definition) is 1. The first-order valence-corrected chi connectivity index (χ1v) is 6.50. The van der Waals surface area contributed by atoms with E-state index in [-0.39, 0.29) is 29.0 Å². The molecule has 2 rings (SSSR count). The molecule has 2 aliphatic carbocycles. The minimum absolute atomic E-state index is 0.0719. The van der Waals surface area contributed by atoms with Crippen LogP contribution >= 0.6 is 0 Å². The SMILES string of the molecule is C#C[C@@H](C)[C@@H](O)[C@@H]1C(=O)[C@H](C)C[C@@H]2[C@@H]1C2(C)C. The van der Waals surface area contributed by atoms with Gasteiger partial charge in [-0.2, -0.15) is 0 Å². The lowest BCUT2D eigenvalue weighted by Gasteiger charge is -2.30. The van der Waals surface area contributed by atoms with Crippen LogP contribution in [-0.2, 0) is 4.79 Å². The standard InChI is InChI=1S/C15H22O2/c1-6-8(2)13(16)11-12-10(15(12,4)5)7-9(3)14(11)17/h1,8-13,16H,7H2,2-5H3/t8-,9-,10-,11-,12+,13-/m1/s1. The smallest absolute Gasteiger partial charge is 0.141 e. The Morgan fingerprint density at radius 1 is 1.53 bits per heavy atom. The molecule has 0 aromatic rings. The summed E-state index contributed by atoms with van der Waals surface area (Å²) in [4.78, 5) is 12.3. The van der Waals surface area contributed by atoms with Gasteiger partial charge >= 0.3 is 0 Å². The van der Waals surface area contributed by atoms with Crippen molar-refractivity contribution in [3.8, 4) is 12.3 Å². The summed E-state index contributed by atoms with van der Waals surface area (Å²) in [6.45, 7) is 8.21. The number of carbonyl (C=O) groups excluding carboxylic acids is 1. The van der Waals surface area contributed by atoms with Crippen molar-refractivity contribution in [2.45, 2.75) is 40.2 Å². The molecule has 2 fully saturated rings. The maximum Gasteiger partial charge on any atom is 0.141 e. The van der Waals surface area contributed by atoms with Crippen LogP contribution in [0, 0.1) is 47.3 Å². The Morgan fingerprint density at radius 2 is 2.12 bits per heavy atom. The van der Waals surface area contributed by atoms with E-state index in [2.05, 4.69) is 19.8 Å². The molecule has 1 N–H and O–H groups in total. The highest BCUT2D eigenvalue weighted by Gasteiger charge is 2.66. The van der Waals surface area contributed by atoms with E-state index in [1.807, 2.05) is 13.8 Å². The Morgan fingerprint density at radius 3 is 2.65 bits per heavy atom. The van der Waals surface area contributed by atoms with Crippen LogP contribution < -0.4 is 0 Å². The Hall–Kier alpha value is -0.810. The van der Waals surface area contributed by atoms with Crippen molar-refractivity contribution >= 4 is 5.78 Å². The average molecular weight is 234 g/mol. The third-order valence-corrected chi connectivity index (χ3v) is 5.09. The monoisotopic (exact) mass is 234 g/mol. The van der Waals surface area contributed by atoms with Crippen molar-refractivity contribution in [3.05, 3.63) is 0 Å². The maximum absolute atomic E-state index is 12.3. The lowest BCUT2D eigenvalue weighted by Crippen LogP contribution is -2.40. The zero-order valence-corrected chi connectivity index (χ0v) is 11.1. The molecule has 2 nitrogen and oxygen atoms in total. The molecule has 17 heavy (non-hydrogen) atoms. The number of rotatable bonds is 2. The Balaban J connectivity index is 2.25. The van der Waals surface area contributed by atoms with E-state index in [0.717, 1.165) is 6.42 Å². The molecule has 0 heterocycles. The van der Waals surface area contributed by atoms with Crippen LogP contribution in [0.15, 0.2) is 0 Å². The Labute approximate surface area is 104 Å². The van der Waals surface area contributed by atoms with Crippen LogP contribution in [0.4, 0.5) is 0 Å². The van der Waals surface area contributed by atoms with Crippen molar-refractivity contribution < 1.29 is 9.90 Å². The summed E-state index contributed by atoms with van der Waals surface area (Å²) >= 11 is 0. The second kappa shape index (κ2) is 3.85. The lowest BCUT2D eigenvalue weighted by atomic mass is 9.75.